The molecule has 1 heterocycles. The van der Waals surface area contributed by atoms with Gasteiger partial charge in [0, 0.05) is 18.0 Å². The van der Waals surface area contributed by atoms with Crippen molar-refractivity contribution in [1.29, 1.82) is 0 Å². The first-order valence-corrected chi connectivity index (χ1v) is 6.02. The number of nitrogens with zero attached hydrogens (tertiary/aromatic N) is 1. The first kappa shape index (κ1) is 20.1. The fraction of sp³-hybridized carbons (Fsp3) is 0.500. The van der Waals surface area contributed by atoms with E-state index in [1.54, 1.807) is 18.3 Å². The summed E-state index contributed by atoms with van der Waals surface area (Å²) in [6.45, 7) is 7.71. The summed E-state index contributed by atoms with van der Waals surface area (Å²) in [5, 5.41) is 10.9. The Labute approximate surface area is 103 Å². The smallest absolute Gasteiger partial charge is 0.303 e. The van der Waals surface area contributed by atoms with Crippen molar-refractivity contribution >= 4 is 17.3 Å². The maximum atomic E-state index is 9.37. The predicted octanol–water partition coefficient (Wildman–Crippen LogP) is 3.46. The number of hydrogen-bond acceptors (Lipinski definition) is 3. The average molecular weight is 243 g/mol. The van der Waals surface area contributed by atoms with Crippen LogP contribution >= 0.6 is 11.3 Å². The summed E-state index contributed by atoms with van der Waals surface area (Å²) in [5.74, 6) is -0.745. The van der Waals surface area contributed by atoms with Crippen LogP contribution in [0.4, 0.5) is 0 Å². The van der Waals surface area contributed by atoms with Crippen LogP contribution in [0.5, 0.6) is 0 Å². The number of rotatable bonds is 2. The molecule has 0 fully saturated rings. The maximum Gasteiger partial charge on any atom is 0.303 e. The second-order valence-electron chi connectivity index (χ2n) is 2.03. The summed E-state index contributed by atoms with van der Waals surface area (Å²) in [5.41, 5.74) is 0. The number of carboxylic acid groups (broad SMARTS) is 1. The van der Waals surface area contributed by atoms with Crippen molar-refractivity contribution in [2.75, 3.05) is 0 Å². The second kappa shape index (κ2) is 19.3. The third kappa shape index (κ3) is 18.4. The van der Waals surface area contributed by atoms with E-state index in [-0.39, 0.29) is 6.42 Å². The largest absolute Gasteiger partial charge is 0.481 e. The Morgan fingerprint density at radius 3 is 2.00 bits per heavy atom. The zero-order valence-electron chi connectivity index (χ0n) is 10.4. The van der Waals surface area contributed by atoms with Gasteiger partial charge in [0.05, 0.1) is 5.01 Å². The van der Waals surface area contributed by atoms with Gasteiger partial charge in [-0.1, -0.05) is 27.7 Å². The predicted molar refractivity (Wildman–Crippen MR) is 70.7 cm³/mol. The Hall–Kier alpha value is -1.34. The molecule has 0 radical (unpaired) electrons. The van der Waals surface area contributed by atoms with Crippen molar-refractivity contribution in [3.63, 3.8) is 0 Å². The molecule has 1 aromatic rings. The molecule has 1 rings (SSSR count). The Kier molecular flexibility index (Phi) is 24.2. The van der Waals surface area contributed by atoms with Crippen LogP contribution in [0.1, 0.15) is 39.1 Å². The third-order valence-electron chi connectivity index (χ3n) is 1.09. The lowest BCUT2D eigenvalue weighted by Gasteiger charge is -1.77. The van der Waals surface area contributed by atoms with Crippen LogP contribution in [0.15, 0.2) is 11.6 Å². The van der Waals surface area contributed by atoms with E-state index in [0.717, 1.165) is 6.42 Å². The highest BCUT2D eigenvalue weighted by Crippen LogP contribution is 2.02. The number of aliphatic carboxylic acids is 1. The van der Waals surface area contributed by atoms with Crippen molar-refractivity contribution < 1.29 is 9.90 Å². The van der Waals surface area contributed by atoms with Gasteiger partial charge in [-0.3, -0.25) is 4.79 Å². The topological polar surface area (TPSA) is 50.2 Å². The Bertz CT molecular complexity index is 243. The van der Waals surface area contributed by atoms with Crippen LogP contribution in [-0.2, 0) is 11.2 Å². The molecule has 0 unspecified atom stereocenters. The average Bonchev–Trinajstić information content (AvgIpc) is 2.88. The molecule has 4 heteroatoms. The van der Waals surface area contributed by atoms with Crippen LogP contribution in [0.25, 0.3) is 0 Å². The molecule has 1 aromatic heterocycles. The van der Waals surface area contributed by atoms with E-state index in [1.807, 2.05) is 25.4 Å². The molecule has 1 N–H and O–H groups in total. The van der Waals surface area contributed by atoms with Gasteiger partial charge in [-0.15, -0.1) is 24.2 Å². The molecule has 0 aliphatic heterocycles. The normalized spacial score (nSPS) is 6.88. The number of thiazole rings is 1. The highest BCUT2D eigenvalue weighted by Gasteiger charge is 1.84. The second-order valence-corrected chi connectivity index (χ2v) is 3.01. The summed E-state index contributed by atoms with van der Waals surface area (Å²) >= 11 is 1.71. The molecule has 0 atom stereocenters. The summed E-state index contributed by atoms with van der Waals surface area (Å²) in [6, 6.07) is 0. The molecule has 0 aromatic carbocycles. The van der Waals surface area contributed by atoms with Gasteiger partial charge >= 0.3 is 5.97 Å². The molecule has 0 saturated heterocycles. The zero-order chi connectivity index (χ0) is 13.4. The Balaban J connectivity index is -0.000000167. The monoisotopic (exact) mass is 243 g/mol. The van der Waals surface area contributed by atoms with E-state index in [9.17, 15) is 4.79 Å². The SMILES string of the molecule is C#C.CC.CCC(=O)O.CCc1nccs1. The van der Waals surface area contributed by atoms with Gasteiger partial charge in [-0.25, -0.2) is 4.98 Å². The first-order valence-electron chi connectivity index (χ1n) is 5.14. The van der Waals surface area contributed by atoms with Gasteiger partial charge in [0.25, 0.3) is 0 Å². The molecule has 3 nitrogen and oxygen atoms in total. The molecular weight excluding hydrogens is 222 g/mol. The van der Waals surface area contributed by atoms with Crippen molar-refractivity contribution in [3.8, 4) is 12.8 Å². The van der Waals surface area contributed by atoms with Crippen molar-refractivity contribution in [2.45, 2.75) is 40.5 Å². The Morgan fingerprint density at radius 2 is 1.88 bits per heavy atom. The molecule has 0 aliphatic carbocycles. The fourth-order valence-corrected chi connectivity index (χ4v) is 0.995. The van der Waals surface area contributed by atoms with Gasteiger partial charge in [0.15, 0.2) is 0 Å². The van der Waals surface area contributed by atoms with E-state index in [1.165, 1.54) is 5.01 Å². The van der Waals surface area contributed by atoms with Crippen LogP contribution in [-0.4, -0.2) is 16.1 Å². The molecule has 0 bridgehead atoms. The number of aromatic nitrogens is 1. The van der Waals surface area contributed by atoms with E-state index in [2.05, 4.69) is 24.8 Å². The van der Waals surface area contributed by atoms with Crippen LogP contribution in [0, 0.1) is 12.8 Å². The van der Waals surface area contributed by atoms with Crippen molar-refractivity contribution in [1.82, 2.24) is 4.98 Å². The third-order valence-corrected chi connectivity index (χ3v) is 2.01. The van der Waals surface area contributed by atoms with Gasteiger partial charge in [-0.05, 0) is 6.42 Å². The number of carboxylic acids is 1. The fourth-order valence-electron chi connectivity index (χ4n) is 0.428. The molecule has 0 amide bonds. The lowest BCUT2D eigenvalue weighted by molar-refractivity contribution is -0.136. The molecule has 0 saturated carbocycles. The van der Waals surface area contributed by atoms with E-state index in [0.29, 0.717) is 0 Å². The molecule has 16 heavy (non-hydrogen) atoms. The minimum atomic E-state index is -0.745. The van der Waals surface area contributed by atoms with Crippen LogP contribution in [0.3, 0.4) is 0 Å². The number of terminal acetylenes is 1. The number of aryl methyl sites for hydroxylation is 1. The summed E-state index contributed by atoms with van der Waals surface area (Å²) in [7, 11) is 0. The molecule has 92 valence electrons. The van der Waals surface area contributed by atoms with Crippen LogP contribution in [0.2, 0.25) is 0 Å². The van der Waals surface area contributed by atoms with Gasteiger partial charge < -0.3 is 5.11 Å². The van der Waals surface area contributed by atoms with E-state index < -0.39 is 5.97 Å². The van der Waals surface area contributed by atoms with E-state index >= 15 is 0 Å². The Morgan fingerprint density at radius 1 is 1.44 bits per heavy atom. The lowest BCUT2D eigenvalue weighted by atomic mass is 10.5. The minimum Gasteiger partial charge on any atom is -0.481 e. The van der Waals surface area contributed by atoms with Gasteiger partial charge in [0.1, 0.15) is 0 Å². The highest BCUT2D eigenvalue weighted by atomic mass is 32.1. The quantitative estimate of drug-likeness (QED) is 0.809. The lowest BCUT2D eigenvalue weighted by Crippen LogP contribution is -1.86. The van der Waals surface area contributed by atoms with Gasteiger partial charge in [0.2, 0.25) is 0 Å². The zero-order valence-corrected chi connectivity index (χ0v) is 11.3. The van der Waals surface area contributed by atoms with Crippen LogP contribution < -0.4 is 0 Å². The summed E-state index contributed by atoms with van der Waals surface area (Å²) in [4.78, 5) is 13.4. The highest BCUT2D eigenvalue weighted by molar-refractivity contribution is 7.09. The summed E-state index contributed by atoms with van der Waals surface area (Å²) < 4.78 is 0. The number of carbonyl (C=O) groups is 1. The molecule has 0 spiro atoms. The van der Waals surface area contributed by atoms with Crippen molar-refractivity contribution in [3.05, 3.63) is 16.6 Å². The maximum absolute atomic E-state index is 9.37. The molecule has 0 aliphatic rings. The first-order chi connectivity index (χ1) is 7.70. The molecular formula is C12H21NO2S. The van der Waals surface area contributed by atoms with Crippen molar-refractivity contribution in [2.24, 2.45) is 0 Å². The van der Waals surface area contributed by atoms with E-state index in [4.69, 9.17) is 5.11 Å². The number of hydrogen-bond donors (Lipinski definition) is 1. The standard InChI is InChI=1S/C5H7NS.C3H6O2.C2H6.C2H2/c1-2-5-6-3-4-7-5;1-2-3(4)5;2*1-2/h3-4H,2H2,1H3;2H2,1H3,(H,4,5);1-2H3;1-2H. The minimum absolute atomic E-state index is 0.222. The summed E-state index contributed by atoms with van der Waals surface area (Å²) in [6.07, 6.45) is 11.1. The van der Waals surface area contributed by atoms with Gasteiger partial charge in [-0.2, -0.15) is 0 Å².